The summed E-state index contributed by atoms with van der Waals surface area (Å²) in [7, 11) is 0. The normalized spacial score (nSPS) is 11.1. The molecule has 5 heteroatoms. The standard InChI is InChI=1S/C47H32N3O.Pt/c1-31-25-35(27-36(26-31)43-29-34(32-13-4-2-5-14-32)30-44(49-43)41-18-9-11-22-46(41)51)42-28-33(23-24-48-42)38-19-12-20-40-39-17-8-10-21-45(39)50(47(38)40)37-15-6-3-7-16-37;/h2-26,28-30,51H,1H3;/q-1;. The van der Waals surface area contributed by atoms with Crippen LogP contribution in [0.2, 0.25) is 0 Å². The topological polar surface area (TPSA) is 50.9 Å². The molecule has 9 rings (SSSR count). The van der Waals surface area contributed by atoms with Crippen LogP contribution in [0.5, 0.6) is 5.75 Å². The molecule has 0 atom stereocenters. The SMILES string of the molecule is Cc1cc(-c2cc(-c3cccc4c5ccccc5n(-c5ccccc5)c34)ccn2)[c-]c(-c2cc(-c3ccccc3)cc(-c3ccccc3O)n2)c1.[Pt]. The van der Waals surface area contributed by atoms with E-state index in [0.717, 1.165) is 61.5 Å². The van der Waals surface area contributed by atoms with Gasteiger partial charge in [0.25, 0.3) is 0 Å². The second-order valence-corrected chi connectivity index (χ2v) is 12.8. The van der Waals surface area contributed by atoms with Gasteiger partial charge < -0.3 is 9.67 Å². The Morgan fingerprint density at radius 1 is 0.538 bits per heavy atom. The molecule has 0 spiro atoms. The Labute approximate surface area is 317 Å². The van der Waals surface area contributed by atoms with Gasteiger partial charge in [-0.05, 0) is 59.2 Å². The van der Waals surface area contributed by atoms with E-state index in [2.05, 4.69) is 133 Å². The summed E-state index contributed by atoms with van der Waals surface area (Å²) in [4.78, 5) is 9.95. The molecule has 0 bridgehead atoms. The average molecular weight is 850 g/mol. The fourth-order valence-corrected chi connectivity index (χ4v) is 7.13. The third kappa shape index (κ3) is 6.02. The molecule has 0 aliphatic rings. The molecule has 0 unspecified atom stereocenters. The van der Waals surface area contributed by atoms with Crippen molar-refractivity contribution in [3.05, 3.63) is 182 Å². The Morgan fingerprint density at radius 3 is 1.98 bits per heavy atom. The first-order valence-corrected chi connectivity index (χ1v) is 17.1. The number of para-hydroxylation sites is 4. The molecule has 52 heavy (non-hydrogen) atoms. The van der Waals surface area contributed by atoms with E-state index < -0.39 is 0 Å². The van der Waals surface area contributed by atoms with E-state index in [4.69, 9.17) is 9.97 Å². The van der Waals surface area contributed by atoms with Crippen LogP contribution in [0, 0.1) is 13.0 Å². The Balaban J connectivity index is 0.00000387. The number of nitrogens with zero attached hydrogens (tertiary/aromatic N) is 3. The molecule has 9 aromatic rings. The van der Waals surface area contributed by atoms with Gasteiger partial charge in [0.15, 0.2) is 0 Å². The Bertz CT molecular complexity index is 2720. The van der Waals surface area contributed by atoms with Crippen molar-refractivity contribution in [2.45, 2.75) is 6.92 Å². The maximum atomic E-state index is 10.8. The summed E-state index contributed by atoms with van der Waals surface area (Å²) in [5.41, 5.74) is 13.6. The summed E-state index contributed by atoms with van der Waals surface area (Å²) >= 11 is 0. The van der Waals surface area contributed by atoms with Crippen LogP contribution in [-0.4, -0.2) is 19.6 Å². The summed E-state index contributed by atoms with van der Waals surface area (Å²) in [6.45, 7) is 2.09. The van der Waals surface area contributed by atoms with Crippen LogP contribution in [0.1, 0.15) is 5.56 Å². The van der Waals surface area contributed by atoms with Crippen LogP contribution >= 0.6 is 0 Å². The Morgan fingerprint density at radius 2 is 1.17 bits per heavy atom. The van der Waals surface area contributed by atoms with E-state index in [9.17, 15) is 5.11 Å². The van der Waals surface area contributed by atoms with Crippen molar-refractivity contribution < 1.29 is 26.2 Å². The summed E-state index contributed by atoms with van der Waals surface area (Å²) in [6, 6.07) is 59.6. The predicted octanol–water partition coefficient (Wildman–Crippen LogP) is 11.7. The molecule has 0 fully saturated rings. The van der Waals surface area contributed by atoms with Crippen molar-refractivity contribution in [3.63, 3.8) is 0 Å². The van der Waals surface area contributed by atoms with Crippen LogP contribution in [0.3, 0.4) is 0 Å². The summed E-state index contributed by atoms with van der Waals surface area (Å²) in [6.07, 6.45) is 1.89. The minimum atomic E-state index is 0. The number of aromatic hydroxyl groups is 1. The zero-order valence-electron chi connectivity index (χ0n) is 28.3. The molecule has 0 aliphatic heterocycles. The molecule has 4 nitrogen and oxygen atoms in total. The predicted molar refractivity (Wildman–Crippen MR) is 209 cm³/mol. The van der Waals surface area contributed by atoms with Crippen molar-refractivity contribution in [2.75, 3.05) is 0 Å². The zero-order chi connectivity index (χ0) is 34.3. The molecule has 0 saturated carbocycles. The van der Waals surface area contributed by atoms with Crippen molar-refractivity contribution in [1.82, 2.24) is 14.5 Å². The number of phenols is 1. The number of phenolic OH excluding ortho intramolecular Hbond substituents is 1. The van der Waals surface area contributed by atoms with Crippen LogP contribution in [0.4, 0.5) is 0 Å². The minimum absolute atomic E-state index is 0. The monoisotopic (exact) mass is 849 g/mol. The molecule has 0 saturated heterocycles. The fourth-order valence-electron chi connectivity index (χ4n) is 7.13. The molecular formula is C47H32N3OPt-. The van der Waals surface area contributed by atoms with Crippen molar-refractivity contribution in [3.8, 4) is 67.5 Å². The molecular weight excluding hydrogens is 818 g/mol. The van der Waals surface area contributed by atoms with E-state index in [-0.39, 0.29) is 26.8 Å². The third-order valence-electron chi connectivity index (χ3n) is 9.46. The van der Waals surface area contributed by atoms with Gasteiger partial charge in [-0.3, -0.25) is 9.97 Å². The third-order valence-corrected chi connectivity index (χ3v) is 9.46. The molecule has 252 valence electrons. The van der Waals surface area contributed by atoms with Crippen LogP contribution in [-0.2, 0) is 21.1 Å². The van der Waals surface area contributed by atoms with E-state index in [0.29, 0.717) is 11.3 Å². The van der Waals surface area contributed by atoms with E-state index >= 15 is 0 Å². The Kier molecular flexibility index (Phi) is 8.84. The molecule has 1 N–H and O–H groups in total. The second-order valence-electron chi connectivity index (χ2n) is 12.8. The zero-order valence-corrected chi connectivity index (χ0v) is 30.5. The summed E-state index contributed by atoms with van der Waals surface area (Å²) in [5.74, 6) is 0.192. The Hall–Kier alpha value is -6.09. The number of hydrogen-bond acceptors (Lipinski definition) is 3. The van der Waals surface area contributed by atoms with Crippen LogP contribution in [0.15, 0.2) is 170 Å². The number of aryl methyl sites for hydroxylation is 1. The number of rotatable bonds is 6. The number of hydrogen-bond donors (Lipinski definition) is 1. The average Bonchev–Trinajstić information content (AvgIpc) is 3.53. The van der Waals surface area contributed by atoms with Gasteiger partial charge in [-0.25, -0.2) is 0 Å². The molecule has 3 aromatic heterocycles. The quantitative estimate of drug-likeness (QED) is 0.170. The number of fused-ring (bicyclic) bond motifs is 3. The van der Waals surface area contributed by atoms with E-state index in [1.165, 1.54) is 16.3 Å². The maximum Gasteiger partial charge on any atom is 0.124 e. The largest absolute Gasteiger partial charge is 0.507 e. The van der Waals surface area contributed by atoms with Gasteiger partial charge in [-0.2, -0.15) is 0 Å². The van der Waals surface area contributed by atoms with Gasteiger partial charge in [0, 0.05) is 66.2 Å². The summed E-state index contributed by atoms with van der Waals surface area (Å²) in [5, 5.41) is 13.2. The smallest absolute Gasteiger partial charge is 0.124 e. The first kappa shape index (κ1) is 33.1. The first-order chi connectivity index (χ1) is 25.1. The van der Waals surface area contributed by atoms with E-state index in [1.54, 1.807) is 6.07 Å². The van der Waals surface area contributed by atoms with Gasteiger partial charge in [-0.1, -0.05) is 127 Å². The fraction of sp³-hybridized carbons (Fsp3) is 0.0213. The van der Waals surface area contributed by atoms with Crippen LogP contribution < -0.4 is 0 Å². The molecule has 0 amide bonds. The van der Waals surface area contributed by atoms with Gasteiger partial charge >= 0.3 is 0 Å². The van der Waals surface area contributed by atoms with Crippen molar-refractivity contribution >= 4 is 21.8 Å². The molecule has 6 aromatic carbocycles. The molecule has 0 radical (unpaired) electrons. The summed E-state index contributed by atoms with van der Waals surface area (Å²) < 4.78 is 2.37. The maximum absolute atomic E-state index is 10.8. The molecule has 3 heterocycles. The van der Waals surface area contributed by atoms with Gasteiger partial charge in [0.05, 0.1) is 16.7 Å². The van der Waals surface area contributed by atoms with Gasteiger partial charge in [0.1, 0.15) is 5.75 Å². The molecule has 0 aliphatic carbocycles. The van der Waals surface area contributed by atoms with E-state index in [1.807, 2.05) is 48.7 Å². The number of benzene rings is 6. The van der Waals surface area contributed by atoms with Crippen LogP contribution in [0.25, 0.3) is 83.5 Å². The number of pyridine rings is 2. The first-order valence-electron chi connectivity index (χ1n) is 17.1. The number of aromatic nitrogens is 3. The van der Waals surface area contributed by atoms with Gasteiger partial charge in [0.2, 0.25) is 0 Å². The van der Waals surface area contributed by atoms with Crippen molar-refractivity contribution in [2.24, 2.45) is 0 Å². The minimum Gasteiger partial charge on any atom is -0.507 e. The van der Waals surface area contributed by atoms with Gasteiger partial charge in [-0.15, -0.1) is 23.8 Å². The van der Waals surface area contributed by atoms with Crippen molar-refractivity contribution in [1.29, 1.82) is 0 Å². The second kappa shape index (κ2) is 13.9.